The molecule has 0 radical (unpaired) electrons. The van der Waals surface area contributed by atoms with E-state index in [-0.39, 0.29) is 5.54 Å². The van der Waals surface area contributed by atoms with Gasteiger partial charge in [-0.2, -0.15) is 0 Å². The summed E-state index contributed by atoms with van der Waals surface area (Å²) in [5, 5.41) is 4.43. The molecule has 0 spiro atoms. The normalized spacial score (nSPS) is 23.4. The number of aromatic nitrogens is 2. The summed E-state index contributed by atoms with van der Waals surface area (Å²) in [6.45, 7) is 6.57. The zero-order valence-electron chi connectivity index (χ0n) is 12.2. The molecule has 3 nitrogen and oxygen atoms in total. The van der Waals surface area contributed by atoms with Crippen molar-refractivity contribution in [3.8, 4) is 0 Å². The molecule has 1 unspecified atom stereocenters. The first-order valence-electron chi connectivity index (χ1n) is 7.55. The number of halogens is 1. The van der Waals surface area contributed by atoms with Crippen molar-refractivity contribution < 1.29 is 0 Å². The molecule has 0 aliphatic carbocycles. The minimum atomic E-state index is -0.0150. The van der Waals surface area contributed by atoms with E-state index in [0.717, 1.165) is 42.3 Å². The largest absolute Gasteiger partial charge is 0.326 e. The van der Waals surface area contributed by atoms with Crippen molar-refractivity contribution in [2.45, 2.75) is 51.6 Å². The highest BCUT2D eigenvalue weighted by Crippen LogP contribution is 2.32. The van der Waals surface area contributed by atoms with Gasteiger partial charge in [-0.25, -0.2) is 4.98 Å². The van der Waals surface area contributed by atoms with Crippen LogP contribution >= 0.6 is 11.6 Å². The van der Waals surface area contributed by atoms with Crippen LogP contribution in [-0.2, 0) is 12.1 Å². The van der Waals surface area contributed by atoms with Crippen LogP contribution in [0, 0.1) is 0 Å². The molecule has 2 heterocycles. The van der Waals surface area contributed by atoms with Crippen LogP contribution in [0.2, 0.25) is 5.02 Å². The topological polar surface area (TPSA) is 29.9 Å². The molecular weight excluding hydrogens is 270 g/mol. The van der Waals surface area contributed by atoms with Crippen LogP contribution < -0.4 is 5.32 Å². The van der Waals surface area contributed by atoms with Gasteiger partial charge < -0.3 is 9.88 Å². The molecule has 1 aliphatic heterocycles. The third-order valence-corrected chi connectivity index (χ3v) is 4.50. The lowest BCUT2D eigenvalue weighted by molar-refractivity contribution is 0.261. The van der Waals surface area contributed by atoms with E-state index in [0.29, 0.717) is 0 Å². The van der Waals surface area contributed by atoms with E-state index in [2.05, 4.69) is 29.8 Å². The van der Waals surface area contributed by atoms with Crippen molar-refractivity contribution in [2.75, 3.05) is 6.54 Å². The number of hydrogen-bond acceptors (Lipinski definition) is 2. The lowest BCUT2D eigenvalue weighted by Crippen LogP contribution is -2.45. The third kappa shape index (κ3) is 2.33. The zero-order valence-corrected chi connectivity index (χ0v) is 13.0. The van der Waals surface area contributed by atoms with Gasteiger partial charge in [0.1, 0.15) is 5.82 Å². The van der Waals surface area contributed by atoms with Gasteiger partial charge in [0, 0.05) is 11.6 Å². The fourth-order valence-corrected chi connectivity index (χ4v) is 3.39. The molecule has 1 fully saturated rings. The second-order valence-corrected chi connectivity index (χ2v) is 6.37. The van der Waals surface area contributed by atoms with Gasteiger partial charge in [0.15, 0.2) is 0 Å². The first-order valence-corrected chi connectivity index (χ1v) is 7.93. The summed E-state index contributed by atoms with van der Waals surface area (Å²) in [6, 6.07) is 6.02. The first-order chi connectivity index (χ1) is 9.64. The van der Waals surface area contributed by atoms with Crippen molar-refractivity contribution >= 4 is 22.6 Å². The van der Waals surface area contributed by atoms with Gasteiger partial charge in [-0.1, -0.05) is 18.5 Å². The average Bonchev–Trinajstić information content (AvgIpc) is 2.79. The number of aryl methyl sites for hydroxylation is 1. The summed E-state index contributed by atoms with van der Waals surface area (Å²) in [5.41, 5.74) is 2.19. The summed E-state index contributed by atoms with van der Waals surface area (Å²) in [6.07, 6.45) is 4.78. The Morgan fingerprint density at radius 3 is 2.95 bits per heavy atom. The average molecular weight is 292 g/mol. The van der Waals surface area contributed by atoms with Gasteiger partial charge in [-0.3, -0.25) is 0 Å². The minimum Gasteiger partial charge on any atom is -0.326 e. The molecule has 108 valence electrons. The number of rotatable bonds is 3. The van der Waals surface area contributed by atoms with Crippen molar-refractivity contribution in [2.24, 2.45) is 0 Å². The van der Waals surface area contributed by atoms with E-state index in [1.807, 2.05) is 12.1 Å². The molecule has 4 heteroatoms. The molecule has 2 aromatic rings. The van der Waals surface area contributed by atoms with Crippen LogP contribution in [0.3, 0.4) is 0 Å². The van der Waals surface area contributed by atoms with Crippen LogP contribution in [0.25, 0.3) is 11.0 Å². The second-order valence-electron chi connectivity index (χ2n) is 5.94. The van der Waals surface area contributed by atoms with Gasteiger partial charge in [0.25, 0.3) is 0 Å². The molecule has 1 saturated heterocycles. The SMILES string of the molecule is CCCn1c(C2(C)CCCCN2)nc2cc(Cl)ccc21. The predicted octanol–water partition coefficient (Wildman–Crippen LogP) is 4.09. The van der Waals surface area contributed by atoms with E-state index in [9.17, 15) is 0 Å². The Morgan fingerprint density at radius 2 is 2.25 bits per heavy atom. The molecule has 20 heavy (non-hydrogen) atoms. The third-order valence-electron chi connectivity index (χ3n) is 4.27. The molecule has 1 atom stereocenters. The highest BCUT2D eigenvalue weighted by atomic mass is 35.5. The summed E-state index contributed by atoms with van der Waals surface area (Å²) < 4.78 is 2.37. The van der Waals surface area contributed by atoms with E-state index >= 15 is 0 Å². The minimum absolute atomic E-state index is 0.0150. The number of piperidine rings is 1. The van der Waals surface area contributed by atoms with Crippen molar-refractivity contribution in [3.05, 3.63) is 29.0 Å². The number of nitrogens with zero attached hydrogens (tertiary/aromatic N) is 2. The maximum atomic E-state index is 6.11. The summed E-state index contributed by atoms with van der Waals surface area (Å²) in [7, 11) is 0. The lowest BCUT2D eigenvalue weighted by Gasteiger charge is -2.34. The smallest absolute Gasteiger partial charge is 0.129 e. The Kier molecular flexibility index (Phi) is 3.74. The van der Waals surface area contributed by atoms with Crippen molar-refractivity contribution in [1.29, 1.82) is 0 Å². The molecule has 1 aliphatic rings. The summed E-state index contributed by atoms with van der Waals surface area (Å²) in [5.74, 6) is 1.16. The highest BCUT2D eigenvalue weighted by molar-refractivity contribution is 6.31. The maximum absolute atomic E-state index is 6.11. The Bertz CT molecular complexity index is 611. The molecule has 1 aromatic heterocycles. The van der Waals surface area contributed by atoms with Crippen LogP contribution in [0.4, 0.5) is 0 Å². The van der Waals surface area contributed by atoms with Crippen molar-refractivity contribution in [1.82, 2.24) is 14.9 Å². The molecule has 1 aromatic carbocycles. The van der Waals surface area contributed by atoms with Crippen LogP contribution in [-0.4, -0.2) is 16.1 Å². The van der Waals surface area contributed by atoms with E-state index in [1.165, 1.54) is 18.4 Å². The Hall–Kier alpha value is -1.06. The van der Waals surface area contributed by atoms with E-state index in [4.69, 9.17) is 16.6 Å². The number of fused-ring (bicyclic) bond motifs is 1. The molecule has 0 bridgehead atoms. The number of imidazole rings is 1. The monoisotopic (exact) mass is 291 g/mol. The quantitative estimate of drug-likeness (QED) is 0.923. The van der Waals surface area contributed by atoms with Gasteiger partial charge >= 0.3 is 0 Å². The van der Waals surface area contributed by atoms with E-state index < -0.39 is 0 Å². The fraction of sp³-hybridized carbons (Fsp3) is 0.562. The number of benzene rings is 1. The molecule has 1 N–H and O–H groups in total. The van der Waals surface area contributed by atoms with Crippen molar-refractivity contribution in [3.63, 3.8) is 0 Å². The standard InChI is InChI=1S/C16H22ClN3/c1-3-10-20-14-7-6-12(17)11-13(14)19-15(20)16(2)8-4-5-9-18-16/h6-7,11,18H,3-5,8-10H2,1-2H3. The van der Waals surface area contributed by atoms with Crippen LogP contribution in [0.15, 0.2) is 18.2 Å². The van der Waals surface area contributed by atoms with Gasteiger partial charge in [0.05, 0.1) is 16.6 Å². The van der Waals surface area contributed by atoms with Gasteiger partial charge in [0.2, 0.25) is 0 Å². The van der Waals surface area contributed by atoms with Gasteiger partial charge in [-0.15, -0.1) is 0 Å². The number of hydrogen-bond donors (Lipinski definition) is 1. The zero-order chi connectivity index (χ0) is 14.2. The Balaban J connectivity index is 2.15. The summed E-state index contributed by atoms with van der Waals surface area (Å²) in [4.78, 5) is 4.90. The number of nitrogens with one attached hydrogen (secondary N) is 1. The molecule has 0 amide bonds. The molecule has 3 rings (SSSR count). The first kappa shape index (κ1) is 13.9. The summed E-state index contributed by atoms with van der Waals surface area (Å²) >= 11 is 6.11. The van der Waals surface area contributed by atoms with E-state index in [1.54, 1.807) is 0 Å². The van der Waals surface area contributed by atoms with Crippen LogP contribution in [0.5, 0.6) is 0 Å². The second kappa shape index (κ2) is 5.38. The molecule has 0 saturated carbocycles. The Morgan fingerprint density at radius 1 is 1.40 bits per heavy atom. The maximum Gasteiger partial charge on any atom is 0.129 e. The Labute approximate surface area is 125 Å². The van der Waals surface area contributed by atoms with Crippen LogP contribution in [0.1, 0.15) is 45.4 Å². The predicted molar refractivity (Wildman–Crippen MR) is 84.2 cm³/mol. The molecular formula is C16H22ClN3. The lowest BCUT2D eigenvalue weighted by atomic mass is 9.90. The fourth-order valence-electron chi connectivity index (χ4n) is 3.22. The van der Waals surface area contributed by atoms with Gasteiger partial charge in [-0.05, 0) is 57.4 Å². The highest BCUT2D eigenvalue weighted by Gasteiger charge is 2.33.